The molecule has 0 fully saturated rings. The molecule has 1 heterocycles. The first-order valence-electron chi connectivity index (χ1n) is 8.23. The van der Waals surface area contributed by atoms with Gasteiger partial charge in [-0.05, 0) is 49.2 Å². The number of hydrogen-bond acceptors (Lipinski definition) is 3. The average Bonchev–Trinajstić information content (AvgIpc) is 2.61. The summed E-state index contributed by atoms with van der Waals surface area (Å²) in [7, 11) is 1.70. The van der Waals surface area contributed by atoms with Crippen LogP contribution in [0.25, 0.3) is 0 Å². The molecule has 1 aliphatic heterocycles. The van der Waals surface area contributed by atoms with Gasteiger partial charge in [0, 0.05) is 24.0 Å². The highest BCUT2D eigenvalue weighted by atomic mass is 35.5. The van der Waals surface area contributed by atoms with Crippen molar-refractivity contribution >= 4 is 34.8 Å². The van der Waals surface area contributed by atoms with Crippen molar-refractivity contribution in [2.24, 2.45) is 0 Å². The van der Waals surface area contributed by atoms with Crippen molar-refractivity contribution in [3.05, 3.63) is 52.8 Å². The zero-order valence-electron chi connectivity index (χ0n) is 14.4. The summed E-state index contributed by atoms with van der Waals surface area (Å²) in [6.07, 6.45) is 1.02. The third-order valence-electron chi connectivity index (χ3n) is 4.76. The number of hydrogen-bond donors (Lipinski definition) is 1. The van der Waals surface area contributed by atoms with Crippen LogP contribution in [0.5, 0.6) is 0 Å². The Morgan fingerprint density at radius 1 is 1.16 bits per heavy atom. The number of halogens is 2. The Morgan fingerprint density at radius 3 is 2.44 bits per heavy atom. The normalized spacial score (nSPS) is 15.6. The van der Waals surface area contributed by atoms with Gasteiger partial charge in [0.2, 0.25) is 0 Å². The van der Waals surface area contributed by atoms with Gasteiger partial charge >= 0.3 is 6.09 Å². The zero-order chi connectivity index (χ0) is 18.2. The Balaban J connectivity index is 2.02. The lowest BCUT2D eigenvalue weighted by molar-refractivity contribution is -0.000183. The molecule has 2 aromatic rings. The average molecular weight is 363 g/mol. The lowest BCUT2D eigenvalue weighted by Gasteiger charge is -2.41. The highest BCUT2D eigenvalue weighted by Crippen LogP contribution is 2.44. The number of rotatable bonds is 4. The van der Waals surface area contributed by atoms with Crippen LogP contribution in [0, 0.1) is 5.82 Å². The molecule has 0 radical (unpaired) electrons. The molecule has 0 atom stereocenters. The quantitative estimate of drug-likeness (QED) is 0.744. The van der Waals surface area contributed by atoms with Gasteiger partial charge in [0.1, 0.15) is 11.4 Å². The van der Waals surface area contributed by atoms with Crippen molar-refractivity contribution < 1.29 is 13.9 Å². The molecule has 1 N–H and O–H groups in total. The van der Waals surface area contributed by atoms with Crippen molar-refractivity contribution in [2.45, 2.75) is 32.3 Å². The van der Waals surface area contributed by atoms with E-state index in [-0.39, 0.29) is 11.1 Å². The van der Waals surface area contributed by atoms with E-state index in [0.717, 1.165) is 16.9 Å². The third kappa shape index (κ3) is 3.04. The lowest BCUT2D eigenvalue weighted by atomic mass is 9.85. The summed E-state index contributed by atoms with van der Waals surface area (Å²) in [5.41, 5.74) is 2.66. The molecule has 132 valence electrons. The second-order valence-electron chi connectivity index (χ2n) is 6.11. The number of cyclic esters (lactones) is 1. The molecule has 0 unspecified atom stereocenters. The van der Waals surface area contributed by atoms with Crippen LogP contribution in [-0.2, 0) is 10.3 Å². The van der Waals surface area contributed by atoms with E-state index >= 15 is 0 Å². The molecular formula is C19H20ClFN2O2. The van der Waals surface area contributed by atoms with Crippen LogP contribution in [0.3, 0.4) is 0 Å². The topological polar surface area (TPSA) is 41.6 Å². The van der Waals surface area contributed by atoms with Crippen molar-refractivity contribution in [2.75, 3.05) is 17.3 Å². The minimum Gasteiger partial charge on any atom is -0.438 e. The van der Waals surface area contributed by atoms with Crippen molar-refractivity contribution in [3.63, 3.8) is 0 Å². The number of fused-ring (bicyclic) bond motifs is 1. The first-order chi connectivity index (χ1) is 11.9. The molecule has 25 heavy (non-hydrogen) atoms. The molecule has 0 spiro atoms. The predicted molar refractivity (Wildman–Crippen MR) is 98.3 cm³/mol. The summed E-state index contributed by atoms with van der Waals surface area (Å²) < 4.78 is 19.1. The summed E-state index contributed by atoms with van der Waals surface area (Å²) in [6.45, 7) is 4.01. The smallest absolute Gasteiger partial charge is 0.414 e. The van der Waals surface area contributed by atoms with E-state index in [1.807, 2.05) is 32.0 Å². The minimum absolute atomic E-state index is 0.0630. The molecular weight excluding hydrogens is 343 g/mol. The summed E-state index contributed by atoms with van der Waals surface area (Å²) in [4.78, 5) is 13.7. The van der Waals surface area contributed by atoms with Gasteiger partial charge in [-0.15, -0.1) is 0 Å². The van der Waals surface area contributed by atoms with Crippen LogP contribution in [0.2, 0.25) is 5.02 Å². The van der Waals surface area contributed by atoms with E-state index in [0.29, 0.717) is 18.5 Å². The molecule has 0 saturated carbocycles. The Morgan fingerprint density at radius 2 is 1.80 bits per heavy atom. The first-order valence-corrected chi connectivity index (χ1v) is 8.61. The van der Waals surface area contributed by atoms with Gasteiger partial charge in [-0.3, -0.25) is 4.90 Å². The highest BCUT2D eigenvalue weighted by molar-refractivity contribution is 6.31. The fourth-order valence-electron chi connectivity index (χ4n) is 3.18. The van der Waals surface area contributed by atoms with Gasteiger partial charge in [-0.25, -0.2) is 9.18 Å². The Kier molecular flexibility index (Phi) is 4.60. The van der Waals surface area contributed by atoms with Gasteiger partial charge in [0.15, 0.2) is 0 Å². The Labute approximate surface area is 151 Å². The molecule has 0 bridgehead atoms. The van der Waals surface area contributed by atoms with Crippen LogP contribution in [0.15, 0.2) is 36.4 Å². The molecule has 2 aromatic carbocycles. The number of benzene rings is 2. The molecule has 1 amide bonds. The Hall–Kier alpha value is -2.27. The molecule has 0 saturated heterocycles. The van der Waals surface area contributed by atoms with Crippen LogP contribution in [0.4, 0.5) is 26.2 Å². The second kappa shape index (κ2) is 6.56. The van der Waals surface area contributed by atoms with Gasteiger partial charge in [-0.1, -0.05) is 25.4 Å². The van der Waals surface area contributed by atoms with E-state index < -0.39 is 11.4 Å². The fraction of sp³-hybridized carbons (Fsp3) is 0.316. The lowest BCUT2D eigenvalue weighted by Crippen LogP contribution is -2.43. The predicted octanol–water partition coefficient (Wildman–Crippen LogP) is 5.82. The van der Waals surface area contributed by atoms with Gasteiger partial charge in [0.25, 0.3) is 0 Å². The maximum Gasteiger partial charge on any atom is 0.414 e. The van der Waals surface area contributed by atoms with Crippen molar-refractivity contribution in [1.82, 2.24) is 0 Å². The maximum absolute atomic E-state index is 13.3. The number of nitrogens with one attached hydrogen (secondary N) is 1. The SMILES string of the molecule is CCC1(CC)OC(=O)N(C)c2ccc(Nc3ccc(F)c(Cl)c3)cc21. The van der Waals surface area contributed by atoms with Crippen LogP contribution in [-0.4, -0.2) is 13.1 Å². The maximum atomic E-state index is 13.3. The van der Waals surface area contributed by atoms with Gasteiger partial charge < -0.3 is 10.1 Å². The number of amides is 1. The largest absolute Gasteiger partial charge is 0.438 e. The van der Waals surface area contributed by atoms with Crippen molar-refractivity contribution in [3.8, 4) is 0 Å². The van der Waals surface area contributed by atoms with E-state index in [2.05, 4.69) is 5.32 Å². The molecule has 0 aromatic heterocycles. The van der Waals surface area contributed by atoms with E-state index in [1.165, 1.54) is 17.0 Å². The number of carbonyl (C=O) groups excluding carboxylic acids is 1. The number of carbonyl (C=O) groups is 1. The number of ether oxygens (including phenoxy) is 1. The van der Waals surface area contributed by atoms with E-state index in [1.54, 1.807) is 13.1 Å². The number of nitrogens with zero attached hydrogens (tertiary/aromatic N) is 1. The monoisotopic (exact) mass is 362 g/mol. The second-order valence-corrected chi connectivity index (χ2v) is 6.52. The molecule has 0 aliphatic carbocycles. The van der Waals surface area contributed by atoms with Gasteiger partial charge in [0.05, 0.1) is 10.7 Å². The number of anilines is 3. The molecule has 4 nitrogen and oxygen atoms in total. The van der Waals surface area contributed by atoms with Crippen LogP contribution in [0.1, 0.15) is 32.3 Å². The minimum atomic E-state index is -0.642. The zero-order valence-corrected chi connectivity index (χ0v) is 15.2. The Bertz CT molecular complexity index is 821. The van der Waals surface area contributed by atoms with Crippen molar-refractivity contribution in [1.29, 1.82) is 0 Å². The fourth-order valence-corrected chi connectivity index (χ4v) is 3.36. The summed E-state index contributed by atoms with van der Waals surface area (Å²) in [6, 6.07) is 10.2. The third-order valence-corrected chi connectivity index (χ3v) is 5.05. The first kappa shape index (κ1) is 17.5. The molecule has 3 rings (SSSR count). The highest BCUT2D eigenvalue weighted by Gasteiger charge is 2.41. The van der Waals surface area contributed by atoms with Crippen LogP contribution < -0.4 is 10.2 Å². The van der Waals surface area contributed by atoms with E-state index in [4.69, 9.17) is 16.3 Å². The summed E-state index contributed by atoms with van der Waals surface area (Å²) in [5.74, 6) is -0.456. The standard InChI is InChI=1S/C19H20ClFN2O2/c1-4-19(5-2)14-10-12(7-9-17(14)23(3)18(24)25-19)22-13-6-8-16(21)15(20)11-13/h6-11,22H,4-5H2,1-3H3. The molecule has 1 aliphatic rings. The van der Waals surface area contributed by atoms with Crippen LogP contribution >= 0.6 is 11.6 Å². The molecule has 6 heteroatoms. The van der Waals surface area contributed by atoms with Gasteiger partial charge in [-0.2, -0.15) is 0 Å². The van der Waals surface area contributed by atoms with E-state index in [9.17, 15) is 9.18 Å². The summed E-state index contributed by atoms with van der Waals surface area (Å²) in [5, 5.41) is 3.29. The summed E-state index contributed by atoms with van der Waals surface area (Å²) >= 11 is 5.84.